The highest BCUT2D eigenvalue weighted by Crippen LogP contribution is 2.54. The van der Waals surface area contributed by atoms with Gasteiger partial charge in [-0.2, -0.15) is 0 Å². The maximum absolute atomic E-state index is 14.4. The minimum Gasteiger partial charge on any atom is -0.508 e. The quantitative estimate of drug-likeness (QED) is 0.118. The molecule has 0 aliphatic heterocycles. The molecule has 1 unspecified atom stereocenters. The van der Waals surface area contributed by atoms with Crippen LogP contribution in [-0.4, -0.2) is 73.8 Å². The monoisotopic (exact) mass is 684 g/mol. The summed E-state index contributed by atoms with van der Waals surface area (Å²) < 4.78 is 22.1. The number of hydrogen-bond acceptors (Lipinski definition) is 10. The molecule has 1 aliphatic rings. The van der Waals surface area contributed by atoms with Crippen molar-refractivity contribution in [2.75, 3.05) is 41.5 Å². The molecule has 12 nitrogen and oxygen atoms in total. The Hall–Kier alpha value is -6.04. The van der Waals surface area contributed by atoms with Crippen LogP contribution in [0.5, 0.6) is 46.0 Å². The Bertz CT molecular complexity index is 1860. The lowest BCUT2D eigenvalue weighted by atomic mass is 9.70. The number of hydrogen-bond donors (Lipinski definition) is 6. The minimum absolute atomic E-state index is 0.0419. The first-order valence-electron chi connectivity index (χ1n) is 15.9. The normalized spacial score (nSPS) is 14.9. The molecular weight excluding hydrogens is 644 g/mol. The molecule has 0 fully saturated rings. The van der Waals surface area contributed by atoms with E-state index in [1.54, 1.807) is 72.8 Å². The molecule has 0 saturated carbocycles. The number of ether oxygens (including phenoxy) is 4. The Balaban J connectivity index is 1.62. The summed E-state index contributed by atoms with van der Waals surface area (Å²) in [5, 5.41) is 47.2. The van der Waals surface area contributed by atoms with Crippen LogP contribution in [0.1, 0.15) is 33.7 Å². The highest BCUT2D eigenvalue weighted by Gasteiger charge is 2.44. The fourth-order valence-electron chi connectivity index (χ4n) is 6.20. The Kier molecular flexibility index (Phi) is 10.9. The van der Waals surface area contributed by atoms with Crippen molar-refractivity contribution in [2.45, 2.75) is 18.8 Å². The average Bonchev–Trinajstić information content (AvgIpc) is 3.12. The topological polar surface area (TPSA) is 176 Å². The van der Waals surface area contributed by atoms with E-state index in [0.29, 0.717) is 29.5 Å². The van der Waals surface area contributed by atoms with Gasteiger partial charge in [0.15, 0.2) is 23.0 Å². The second-order valence-electron chi connectivity index (χ2n) is 11.7. The van der Waals surface area contributed by atoms with Crippen LogP contribution in [0, 0.1) is 5.92 Å². The molecule has 262 valence electrons. The summed E-state index contributed by atoms with van der Waals surface area (Å²) in [4.78, 5) is 28.5. The molecule has 50 heavy (non-hydrogen) atoms. The minimum atomic E-state index is -1.17. The van der Waals surface area contributed by atoms with E-state index in [-0.39, 0.29) is 64.7 Å². The summed E-state index contributed by atoms with van der Waals surface area (Å²) in [6.45, 7) is 0.444. The van der Waals surface area contributed by atoms with Gasteiger partial charge in [-0.05, 0) is 83.6 Å². The highest BCUT2D eigenvalue weighted by atomic mass is 16.5. The number of aromatic hydroxyl groups is 4. The molecule has 6 N–H and O–H groups in total. The summed E-state index contributed by atoms with van der Waals surface area (Å²) in [5.41, 5.74) is 3.20. The van der Waals surface area contributed by atoms with Crippen LogP contribution >= 0.6 is 0 Å². The number of methoxy groups -OCH3 is 4. The molecule has 0 radical (unpaired) electrons. The second kappa shape index (κ2) is 15.5. The largest absolute Gasteiger partial charge is 0.508 e. The molecule has 0 aromatic heterocycles. The molecule has 2 atom stereocenters. The van der Waals surface area contributed by atoms with E-state index >= 15 is 0 Å². The van der Waals surface area contributed by atoms with Crippen LogP contribution in [0.2, 0.25) is 0 Å². The van der Waals surface area contributed by atoms with E-state index in [4.69, 9.17) is 18.9 Å². The van der Waals surface area contributed by atoms with Gasteiger partial charge < -0.3 is 50.0 Å². The summed E-state index contributed by atoms with van der Waals surface area (Å²) >= 11 is 0. The molecule has 5 rings (SSSR count). The van der Waals surface area contributed by atoms with E-state index < -0.39 is 23.7 Å². The molecule has 4 aromatic rings. The standard InChI is InChI=1S/C38H40N2O10/c1-47-28-19-24(20-29(48-2)34(28)43)31-32-23(18-30(49-3)35(44)36(32)50-4)17-27(37(45)39-15-13-21-5-9-25(41)10-6-21)33(31)38(46)40-16-14-22-7-11-26(42)12-8-22/h5-12,17-20,31,33,41-44H,13-16H2,1-4H3,(H,39,45)(H,40,46)/t31-,33?/m1/s1. The van der Waals surface area contributed by atoms with Crippen molar-refractivity contribution < 1.29 is 49.0 Å². The van der Waals surface area contributed by atoms with Crippen molar-refractivity contribution in [2.24, 2.45) is 5.92 Å². The number of carbonyl (C=O) groups excluding carboxylic acids is 2. The molecule has 0 heterocycles. The van der Waals surface area contributed by atoms with Crippen LogP contribution in [0.15, 0.2) is 72.3 Å². The van der Waals surface area contributed by atoms with Gasteiger partial charge in [-0.15, -0.1) is 0 Å². The zero-order chi connectivity index (χ0) is 35.9. The first kappa shape index (κ1) is 35.3. The number of amides is 2. The van der Waals surface area contributed by atoms with Crippen molar-refractivity contribution in [1.82, 2.24) is 10.6 Å². The van der Waals surface area contributed by atoms with Crippen LogP contribution in [-0.2, 0) is 22.4 Å². The summed E-state index contributed by atoms with van der Waals surface area (Å²) in [6, 6.07) is 18.0. The molecular formula is C38H40N2O10. The predicted octanol–water partition coefficient (Wildman–Crippen LogP) is 4.41. The third-order valence-corrected chi connectivity index (χ3v) is 8.70. The van der Waals surface area contributed by atoms with E-state index in [1.807, 2.05) is 0 Å². The lowest BCUT2D eigenvalue weighted by molar-refractivity contribution is -0.127. The number of nitrogens with one attached hydrogen (secondary N) is 2. The van der Waals surface area contributed by atoms with Crippen molar-refractivity contribution >= 4 is 17.9 Å². The zero-order valence-corrected chi connectivity index (χ0v) is 28.1. The third kappa shape index (κ3) is 7.34. The number of benzene rings is 4. The third-order valence-electron chi connectivity index (χ3n) is 8.70. The summed E-state index contributed by atoms with van der Waals surface area (Å²) in [5.74, 6) is -3.12. The lowest BCUT2D eigenvalue weighted by Crippen LogP contribution is -2.42. The van der Waals surface area contributed by atoms with E-state index in [2.05, 4.69) is 10.6 Å². The fourth-order valence-corrected chi connectivity index (χ4v) is 6.20. The SMILES string of the molecule is COc1cc([C@@H]2c3c(cc(OC)c(O)c3OC)C=C(C(=O)NCCc3ccc(O)cc3)C2C(=O)NCCc2ccc(O)cc2)cc(OC)c1O. The van der Waals surface area contributed by atoms with E-state index in [1.165, 1.54) is 28.4 Å². The molecule has 12 heteroatoms. The Morgan fingerprint density at radius 3 is 1.66 bits per heavy atom. The highest BCUT2D eigenvalue weighted by molar-refractivity contribution is 6.06. The maximum atomic E-state index is 14.4. The van der Waals surface area contributed by atoms with E-state index in [0.717, 1.165) is 11.1 Å². The number of phenols is 4. The molecule has 0 saturated heterocycles. The summed E-state index contributed by atoms with van der Waals surface area (Å²) in [7, 11) is 5.53. The lowest BCUT2D eigenvalue weighted by Gasteiger charge is -2.35. The van der Waals surface area contributed by atoms with Gasteiger partial charge in [-0.1, -0.05) is 24.3 Å². The first-order valence-corrected chi connectivity index (χ1v) is 15.9. The van der Waals surface area contributed by atoms with Gasteiger partial charge >= 0.3 is 0 Å². The average molecular weight is 685 g/mol. The van der Waals surface area contributed by atoms with Crippen LogP contribution in [0.4, 0.5) is 0 Å². The maximum Gasteiger partial charge on any atom is 0.248 e. The zero-order valence-electron chi connectivity index (χ0n) is 28.1. The molecule has 0 spiro atoms. The fraction of sp³-hybridized carbons (Fsp3) is 0.263. The van der Waals surface area contributed by atoms with Gasteiger partial charge in [0.1, 0.15) is 11.5 Å². The van der Waals surface area contributed by atoms with Crippen molar-refractivity contribution in [3.8, 4) is 46.0 Å². The number of rotatable bonds is 13. The first-order chi connectivity index (χ1) is 24.1. The van der Waals surface area contributed by atoms with Gasteiger partial charge in [0.25, 0.3) is 0 Å². The van der Waals surface area contributed by atoms with Gasteiger partial charge in [-0.25, -0.2) is 0 Å². The van der Waals surface area contributed by atoms with Gasteiger partial charge in [0.05, 0.1) is 34.4 Å². The van der Waals surface area contributed by atoms with Crippen molar-refractivity contribution in [3.63, 3.8) is 0 Å². The Labute approximate surface area is 289 Å². The predicted molar refractivity (Wildman–Crippen MR) is 185 cm³/mol. The molecule has 4 aromatic carbocycles. The number of phenolic OH excluding ortho intramolecular Hbond substituents is 4. The van der Waals surface area contributed by atoms with Gasteiger partial charge in [0.2, 0.25) is 23.3 Å². The molecule has 2 amide bonds. The second-order valence-corrected chi connectivity index (χ2v) is 11.7. The summed E-state index contributed by atoms with van der Waals surface area (Å²) in [6.07, 6.45) is 2.50. The molecule has 0 bridgehead atoms. The van der Waals surface area contributed by atoms with Crippen molar-refractivity contribution in [3.05, 3.63) is 100 Å². The number of fused-ring (bicyclic) bond motifs is 1. The Morgan fingerprint density at radius 1 is 0.660 bits per heavy atom. The smallest absolute Gasteiger partial charge is 0.248 e. The molecule has 1 aliphatic carbocycles. The van der Waals surface area contributed by atoms with Crippen LogP contribution in [0.25, 0.3) is 6.08 Å². The van der Waals surface area contributed by atoms with E-state index in [9.17, 15) is 30.0 Å². The van der Waals surface area contributed by atoms with Gasteiger partial charge in [-0.3, -0.25) is 9.59 Å². The van der Waals surface area contributed by atoms with Gasteiger partial charge in [0, 0.05) is 30.1 Å². The number of carbonyl (C=O) groups is 2. The van der Waals surface area contributed by atoms with Crippen molar-refractivity contribution in [1.29, 1.82) is 0 Å². The van der Waals surface area contributed by atoms with Crippen LogP contribution in [0.3, 0.4) is 0 Å². The Morgan fingerprint density at radius 2 is 1.16 bits per heavy atom. The van der Waals surface area contributed by atoms with Crippen LogP contribution < -0.4 is 29.6 Å².